The van der Waals surface area contributed by atoms with E-state index in [1.165, 1.54) is 6.07 Å². The summed E-state index contributed by atoms with van der Waals surface area (Å²) in [7, 11) is -3.84. The smallest absolute Gasteiger partial charge is 0.266 e. The molecule has 0 aromatic heterocycles. The van der Waals surface area contributed by atoms with Crippen molar-refractivity contribution in [2.45, 2.75) is 0 Å². The van der Waals surface area contributed by atoms with Gasteiger partial charge >= 0.3 is 0 Å². The summed E-state index contributed by atoms with van der Waals surface area (Å²) in [6.07, 6.45) is 0. The van der Waals surface area contributed by atoms with Gasteiger partial charge in [-0.15, -0.1) is 0 Å². The molecule has 86 valence electrons. The highest BCUT2D eigenvalue weighted by atomic mass is 79.9. The zero-order valence-electron chi connectivity index (χ0n) is 7.91. The molecular weight excluding hydrogens is 301 g/mol. The van der Waals surface area contributed by atoms with E-state index >= 15 is 0 Å². The molecule has 0 aliphatic heterocycles. The van der Waals surface area contributed by atoms with Crippen molar-refractivity contribution in [1.82, 2.24) is 4.72 Å². The standard InChI is InChI=1S/C9H7BrFNO3S/c1-2-16(14,15)12-9(13)7-4-3-6(11)5-8(7)10/h2-5H,1H2,(H,12,13). The summed E-state index contributed by atoms with van der Waals surface area (Å²) in [6.45, 7) is 3.04. The molecule has 1 N–H and O–H groups in total. The van der Waals surface area contributed by atoms with Gasteiger partial charge in [-0.05, 0) is 34.1 Å². The highest BCUT2D eigenvalue weighted by Crippen LogP contribution is 2.18. The molecule has 0 spiro atoms. The van der Waals surface area contributed by atoms with E-state index in [-0.39, 0.29) is 10.0 Å². The summed E-state index contributed by atoms with van der Waals surface area (Å²) >= 11 is 2.96. The molecule has 1 amide bonds. The van der Waals surface area contributed by atoms with Crippen LogP contribution in [0, 0.1) is 5.82 Å². The molecule has 0 heterocycles. The van der Waals surface area contributed by atoms with E-state index in [1.54, 1.807) is 4.72 Å². The van der Waals surface area contributed by atoms with Gasteiger partial charge in [0.2, 0.25) is 0 Å². The number of hydrogen-bond acceptors (Lipinski definition) is 3. The molecule has 1 aromatic rings. The molecule has 7 heteroatoms. The van der Waals surface area contributed by atoms with Crippen LogP contribution in [0.3, 0.4) is 0 Å². The fourth-order valence-corrected chi connectivity index (χ4v) is 1.88. The molecule has 0 aliphatic carbocycles. The second-order valence-corrected chi connectivity index (χ2v) is 5.25. The maximum atomic E-state index is 12.7. The van der Waals surface area contributed by atoms with E-state index in [0.29, 0.717) is 5.41 Å². The number of amides is 1. The number of carbonyl (C=O) groups is 1. The summed E-state index contributed by atoms with van der Waals surface area (Å²) < 4.78 is 36.7. The largest absolute Gasteiger partial charge is 0.268 e. The minimum Gasteiger partial charge on any atom is -0.268 e. The molecule has 0 saturated carbocycles. The fourth-order valence-electron chi connectivity index (χ4n) is 0.899. The van der Waals surface area contributed by atoms with E-state index in [2.05, 4.69) is 22.5 Å². The molecule has 0 radical (unpaired) electrons. The Morgan fingerprint density at radius 2 is 2.12 bits per heavy atom. The lowest BCUT2D eigenvalue weighted by Gasteiger charge is -2.04. The number of carbonyl (C=O) groups excluding carboxylic acids is 1. The van der Waals surface area contributed by atoms with Crippen molar-refractivity contribution in [3.05, 3.63) is 46.0 Å². The number of hydrogen-bond donors (Lipinski definition) is 1. The monoisotopic (exact) mass is 307 g/mol. The third-order valence-electron chi connectivity index (χ3n) is 1.63. The van der Waals surface area contributed by atoms with E-state index in [9.17, 15) is 17.6 Å². The fraction of sp³-hybridized carbons (Fsp3) is 0. The van der Waals surface area contributed by atoms with Crippen LogP contribution in [0.25, 0.3) is 0 Å². The van der Waals surface area contributed by atoms with Crippen LogP contribution in [0.15, 0.2) is 34.7 Å². The van der Waals surface area contributed by atoms with Gasteiger partial charge in [0.1, 0.15) is 5.82 Å². The van der Waals surface area contributed by atoms with Crippen LogP contribution in [-0.4, -0.2) is 14.3 Å². The maximum absolute atomic E-state index is 12.7. The van der Waals surface area contributed by atoms with Gasteiger partial charge in [-0.1, -0.05) is 6.58 Å². The average molecular weight is 308 g/mol. The first kappa shape index (κ1) is 12.9. The van der Waals surface area contributed by atoms with Crippen LogP contribution in [-0.2, 0) is 10.0 Å². The zero-order valence-corrected chi connectivity index (χ0v) is 10.3. The predicted molar refractivity (Wildman–Crippen MR) is 60.7 cm³/mol. The first-order chi connectivity index (χ1) is 7.35. The second kappa shape index (κ2) is 4.75. The third-order valence-corrected chi connectivity index (χ3v) is 3.19. The number of halogens is 2. The first-order valence-corrected chi connectivity index (χ1v) is 6.34. The maximum Gasteiger partial charge on any atom is 0.266 e. The molecular formula is C9H7BrFNO3S. The Morgan fingerprint density at radius 1 is 1.50 bits per heavy atom. The third kappa shape index (κ3) is 3.14. The number of rotatable bonds is 3. The molecule has 0 bridgehead atoms. The number of sulfonamides is 1. The molecule has 0 unspecified atom stereocenters. The normalized spacial score (nSPS) is 10.9. The Morgan fingerprint density at radius 3 is 2.62 bits per heavy atom. The van der Waals surface area contributed by atoms with Crippen LogP contribution >= 0.6 is 15.9 Å². The Bertz CT molecular complexity index is 542. The Hall–Kier alpha value is -1.21. The van der Waals surface area contributed by atoms with Crippen LogP contribution in [0.2, 0.25) is 0 Å². The zero-order chi connectivity index (χ0) is 12.3. The summed E-state index contributed by atoms with van der Waals surface area (Å²) in [5.41, 5.74) is 0.0202. The van der Waals surface area contributed by atoms with Crippen molar-refractivity contribution < 1.29 is 17.6 Å². The second-order valence-electron chi connectivity index (χ2n) is 2.77. The lowest BCUT2D eigenvalue weighted by Crippen LogP contribution is -2.28. The van der Waals surface area contributed by atoms with E-state index in [4.69, 9.17) is 0 Å². The molecule has 16 heavy (non-hydrogen) atoms. The van der Waals surface area contributed by atoms with Gasteiger partial charge in [-0.2, -0.15) is 0 Å². The van der Waals surface area contributed by atoms with E-state index in [1.807, 2.05) is 0 Å². The van der Waals surface area contributed by atoms with Crippen molar-refractivity contribution in [1.29, 1.82) is 0 Å². The molecule has 1 rings (SSSR count). The van der Waals surface area contributed by atoms with Crippen molar-refractivity contribution in [3.63, 3.8) is 0 Å². The minimum absolute atomic E-state index is 0.0202. The molecule has 0 aliphatic rings. The van der Waals surface area contributed by atoms with Crippen molar-refractivity contribution in [2.24, 2.45) is 0 Å². The van der Waals surface area contributed by atoms with Gasteiger partial charge in [-0.3, -0.25) is 4.79 Å². The average Bonchev–Trinajstić information content (AvgIpc) is 2.16. The Kier molecular flexibility index (Phi) is 3.82. The van der Waals surface area contributed by atoms with Crippen molar-refractivity contribution in [3.8, 4) is 0 Å². The molecule has 4 nitrogen and oxygen atoms in total. The van der Waals surface area contributed by atoms with Gasteiger partial charge in [0.15, 0.2) is 0 Å². The van der Waals surface area contributed by atoms with Gasteiger partial charge in [0.25, 0.3) is 15.9 Å². The number of nitrogens with one attached hydrogen (secondary N) is 1. The van der Waals surface area contributed by atoms with E-state index in [0.717, 1.165) is 12.1 Å². The summed E-state index contributed by atoms with van der Waals surface area (Å²) in [5.74, 6) is -1.39. The highest BCUT2D eigenvalue weighted by Gasteiger charge is 2.15. The molecule has 1 aromatic carbocycles. The molecule has 0 fully saturated rings. The van der Waals surface area contributed by atoms with Crippen molar-refractivity contribution >= 4 is 31.9 Å². The summed E-state index contributed by atoms with van der Waals surface area (Å²) in [6, 6.07) is 3.29. The molecule has 0 atom stereocenters. The Labute approximate surface area is 100 Å². The van der Waals surface area contributed by atoms with Gasteiger partial charge in [-0.25, -0.2) is 17.5 Å². The van der Waals surface area contributed by atoms with Crippen LogP contribution < -0.4 is 4.72 Å². The molecule has 0 saturated heterocycles. The van der Waals surface area contributed by atoms with Crippen LogP contribution in [0.5, 0.6) is 0 Å². The predicted octanol–water partition coefficient (Wildman–Crippen LogP) is 1.79. The Balaban J connectivity index is 3.03. The lowest BCUT2D eigenvalue weighted by molar-refractivity contribution is 0.0981. The van der Waals surface area contributed by atoms with Crippen molar-refractivity contribution in [2.75, 3.05) is 0 Å². The lowest BCUT2D eigenvalue weighted by atomic mass is 10.2. The quantitative estimate of drug-likeness (QED) is 0.926. The topological polar surface area (TPSA) is 63.2 Å². The highest BCUT2D eigenvalue weighted by molar-refractivity contribution is 9.10. The van der Waals surface area contributed by atoms with E-state index < -0.39 is 21.7 Å². The SMILES string of the molecule is C=CS(=O)(=O)NC(=O)c1ccc(F)cc1Br. The number of benzene rings is 1. The van der Waals surface area contributed by atoms with Gasteiger partial charge < -0.3 is 0 Å². The van der Waals surface area contributed by atoms with Crippen LogP contribution in [0.1, 0.15) is 10.4 Å². The first-order valence-electron chi connectivity index (χ1n) is 4.00. The summed E-state index contributed by atoms with van der Waals surface area (Å²) in [5, 5.41) is 0.613. The van der Waals surface area contributed by atoms with Gasteiger partial charge in [0, 0.05) is 9.88 Å². The summed E-state index contributed by atoms with van der Waals surface area (Å²) in [4.78, 5) is 11.5. The minimum atomic E-state index is -3.84. The van der Waals surface area contributed by atoms with Gasteiger partial charge in [0.05, 0.1) is 5.56 Å². The van der Waals surface area contributed by atoms with Crippen LogP contribution in [0.4, 0.5) is 4.39 Å².